The van der Waals surface area contributed by atoms with E-state index >= 15 is 0 Å². The molecular weight excluding hydrogens is 444 g/mol. The van der Waals surface area contributed by atoms with E-state index in [4.69, 9.17) is 9.47 Å². The maximum absolute atomic E-state index is 12.7. The highest BCUT2D eigenvalue weighted by molar-refractivity contribution is 7.22. The average molecular weight is 465 g/mol. The minimum Gasteiger partial charge on any atom is -0.497 e. The number of methoxy groups -OCH3 is 1. The Balaban J connectivity index is 1.32. The standard InChI is InChI=1S/C23H20N4O3S2/c1-3-30-17-8-9-18-20(11-17)32-22(24-18)26-21(28)10-15-13-31-23-25-19(12-27(15)23)14-4-6-16(29-2)7-5-14/h4-9,11-13H,3,10H2,1-2H3,(H,24,26,28). The second-order valence-electron chi connectivity index (χ2n) is 7.04. The number of hydrogen-bond acceptors (Lipinski definition) is 7. The van der Waals surface area contributed by atoms with Crippen LogP contribution in [0, 0.1) is 0 Å². The van der Waals surface area contributed by atoms with Crippen LogP contribution in [0.5, 0.6) is 11.5 Å². The maximum atomic E-state index is 12.7. The van der Waals surface area contributed by atoms with E-state index in [1.807, 2.05) is 65.4 Å². The van der Waals surface area contributed by atoms with Crippen molar-refractivity contribution in [3.63, 3.8) is 0 Å². The number of anilines is 1. The highest BCUT2D eigenvalue weighted by Crippen LogP contribution is 2.30. The summed E-state index contributed by atoms with van der Waals surface area (Å²) in [6, 6.07) is 13.5. The molecule has 2 aromatic carbocycles. The number of fused-ring (bicyclic) bond motifs is 2. The van der Waals surface area contributed by atoms with Gasteiger partial charge in [0.25, 0.3) is 0 Å². The van der Waals surface area contributed by atoms with E-state index in [-0.39, 0.29) is 12.3 Å². The van der Waals surface area contributed by atoms with E-state index < -0.39 is 0 Å². The second-order valence-corrected chi connectivity index (χ2v) is 8.91. The van der Waals surface area contributed by atoms with Crippen LogP contribution in [0.1, 0.15) is 12.6 Å². The van der Waals surface area contributed by atoms with Crippen molar-refractivity contribution in [2.75, 3.05) is 19.0 Å². The molecule has 162 valence electrons. The molecular formula is C23H20N4O3S2. The van der Waals surface area contributed by atoms with Crippen LogP contribution in [-0.4, -0.2) is 34.0 Å². The molecule has 0 aliphatic carbocycles. The molecule has 3 heterocycles. The number of hydrogen-bond donors (Lipinski definition) is 1. The molecule has 0 spiro atoms. The van der Waals surface area contributed by atoms with Crippen molar-refractivity contribution in [3.05, 3.63) is 59.7 Å². The van der Waals surface area contributed by atoms with Crippen molar-refractivity contribution in [2.24, 2.45) is 0 Å². The first-order chi connectivity index (χ1) is 15.6. The first kappa shape index (κ1) is 20.5. The van der Waals surface area contributed by atoms with Crippen LogP contribution in [0.3, 0.4) is 0 Å². The number of ether oxygens (including phenoxy) is 2. The molecule has 7 nitrogen and oxygen atoms in total. The highest BCUT2D eigenvalue weighted by Gasteiger charge is 2.14. The van der Waals surface area contributed by atoms with Gasteiger partial charge in [0, 0.05) is 22.8 Å². The molecule has 3 aromatic heterocycles. The molecule has 0 bridgehead atoms. The third-order valence-electron chi connectivity index (χ3n) is 4.93. The van der Waals surface area contributed by atoms with Crippen molar-refractivity contribution >= 4 is 48.9 Å². The maximum Gasteiger partial charge on any atom is 0.232 e. The number of thiazole rings is 2. The number of carbonyl (C=O) groups excluding carboxylic acids is 1. The molecule has 0 saturated carbocycles. The van der Waals surface area contributed by atoms with Gasteiger partial charge in [0.2, 0.25) is 5.91 Å². The number of nitrogens with one attached hydrogen (secondary N) is 1. The molecule has 5 rings (SSSR count). The van der Waals surface area contributed by atoms with Gasteiger partial charge in [0.05, 0.1) is 36.0 Å². The first-order valence-corrected chi connectivity index (χ1v) is 11.8. The summed E-state index contributed by atoms with van der Waals surface area (Å²) < 4.78 is 13.7. The number of amides is 1. The van der Waals surface area contributed by atoms with Crippen molar-refractivity contribution in [3.8, 4) is 22.8 Å². The molecule has 32 heavy (non-hydrogen) atoms. The normalized spacial score (nSPS) is 11.2. The van der Waals surface area contributed by atoms with Gasteiger partial charge in [-0.05, 0) is 49.4 Å². The number of rotatable bonds is 7. The zero-order valence-corrected chi connectivity index (χ0v) is 19.1. The lowest BCUT2D eigenvalue weighted by Crippen LogP contribution is -2.15. The van der Waals surface area contributed by atoms with Gasteiger partial charge in [-0.25, -0.2) is 9.97 Å². The smallest absolute Gasteiger partial charge is 0.232 e. The Morgan fingerprint density at radius 1 is 1.12 bits per heavy atom. The van der Waals surface area contributed by atoms with Gasteiger partial charge >= 0.3 is 0 Å². The highest BCUT2D eigenvalue weighted by atomic mass is 32.1. The van der Waals surface area contributed by atoms with E-state index in [9.17, 15) is 4.79 Å². The van der Waals surface area contributed by atoms with Crippen molar-refractivity contribution in [1.29, 1.82) is 0 Å². The molecule has 0 aliphatic rings. The topological polar surface area (TPSA) is 77.8 Å². The lowest BCUT2D eigenvalue weighted by atomic mass is 10.2. The fraction of sp³-hybridized carbons (Fsp3) is 0.174. The largest absolute Gasteiger partial charge is 0.497 e. The Bertz CT molecular complexity index is 1400. The number of nitrogens with zero attached hydrogens (tertiary/aromatic N) is 3. The molecule has 1 amide bonds. The van der Waals surface area contributed by atoms with Crippen molar-refractivity contribution < 1.29 is 14.3 Å². The van der Waals surface area contributed by atoms with Crippen LogP contribution in [0.15, 0.2) is 54.0 Å². The SMILES string of the molecule is CCOc1ccc2nc(NC(=O)Cc3csc4nc(-c5ccc(OC)cc5)cn34)sc2c1. The summed E-state index contributed by atoms with van der Waals surface area (Å²) in [6.07, 6.45) is 2.20. The second kappa shape index (κ2) is 8.60. The molecule has 1 N–H and O–H groups in total. The molecule has 0 radical (unpaired) electrons. The van der Waals surface area contributed by atoms with Gasteiger partial charge in [0.1, 0.15) is 11.5 Å². The van der Waals surface area contributed by atoms with E-state index in [1.54, 1.807) is 7.11 Å². The van der Waals surface area contributed by atoms with Crippen LogP contribution in [0.4, 0.5) is 5.13 Å². The van der Waals surface area contributed by atoms with E-state index in [0.29, 0.717) is 11.7 Å². The third kappa shape index (κ3) is 4.04. The van der Waals surface area contributed by atoms with Crippen molar-refractivity contribution in [2.45, 2.75) is 13.3 Å². The van der Waals surface area contributed by atoms with Crippen LogP contribution < -0.4 is 14.8 Å². The summed E-state index contributed by atoms with van der Waals surface area (Å²) in [4.78, 5) is 22.8. The fourth-order valence-electron chi connectivity index (χ4n) is 3.40. The average Bonchev–Trinajstić information content (AvgIpc) is 3.49. The van der Waals surface area contributed by atoms with Gasteiger partial charge in [-0.1, -0.05) is 11.3 Å². The molecule has 5 aromatic rings. The monoisotopic (exact) mass is 464 g/mol. The zero-order valence-electron chi connectivity index (χ0n) is 17.5. The fourth-order valence-corrected chi connectivity index (χ4v) is 5.18. The Morgan fingerprint density at radius 3 is 2.72 bits per heavy atom. The quantitative estimate of drug-likeness (QED) is 0.355. The summed E-state index contributed by atoms with van der Waals surface area (Å²) >= 11 is 2.95. The van der Waals surface area contributed by atoms with Gasteiger partial charge < -0.3 is 14.8 Å². The molecule has 0 aliphatic heterocycles. The molecule has 0 fully saturated rings. The van der Waals surface area contributed by atoms with E-state index in [2.05, 4.69) is 15.3 Å². The van der Waals surface area contributed by atoms with Crippen LogP contribution in [0.25, 0.3) is 26.4 Å². The summed E-state index contributed by atoms with van der Waals surface area (Å²) in [7, 11) is 1.64. The van der Waals surface area contributed by atoms with Crippen molar-refractivity contribution in [1.82, 2.24) is 14.4 Å². The van der Waals surface area contributed by atoms with Gasteiger partial charge in [-0.3, -0.25) is 9.20 Å². The summed E-state index contributed by atoms with van der Waals surface area (Å²) in [6.45, 7) is 2.56. The molecule has 0 atom stereocenters. The third-order valence-corrected chi connectivity index (χ3v) is 6.75. The number of imidazole rings is 1. The zero-order chi connectivity index (χ0) is 22.1. The van der Waals surface area contributed by atoms with E-state index in [0.717, 1.165) is 43.6 Å². The Morgan fingerprint density at radius 2 is 1.94 bits per heavy atom. The van der Waals surface area contributed by atoms with Gasteiger partial charge in [-0.2, -0.15) is 0 Å². The minimum atomic E-state index is -0.117. The number of benzene rings is 2. The number of aromatic nitrogens is 3. The lowest BCUT2D eigenvalue weighted by Gasteiger charge is -2.01. The van der Waals surface area contributed by atoms with E-state index in [1.165, 1.54) is 22.7 Å². The minimum absolute atomic E-state index is 0.117. The Hall–Kier alpha value is -3.43. The first-order valence-electron chi connectivity index (χ1n) is 10.1. The Labute approximate surface area is 192 Å². The summed E-state index contributed by atoms with van der Waals surface area (Å²) in [5.41, 5.74) is 3.58. The molecule has 0 saturated heterocycles. The molecule has 0 unspecified atom stereocenters. The summed E-state index contributed by atoms with van der Waals surface area (Å²) in [5.74, 6) is 1.49. The molecule has 9 heteroatoms. The predicted molar refractivity (Wildman–Crippen MR) is 128 cm³/mol. The van der Waals surface area contributed by atoms with Crippen LogP contribution >= 0.6 is 22.7 Å². The van der Waals surface area contributed by atoms with Gasteiger partial charge in [0.15, 0.2) is 10.1 Å². The Kier molecular flexibility index (Phi) is 5.50. The summed E-state index contributed by atoms with van der Waals surface area (Å²) in [5, 5.41) is 5.46. The van der Waals surface area contributed by atoms with Crippen LogP contribution in [-0.2, 0) is 11.2 Å². The van der Waals surface area contributed by atoms with Crippen LogP contribution in [0.2, 0.25) is 0 Å². The lowest BCUT2D eigenvalue weighted by molar-refractivity contribution is -0.115. The predicted octanol–water partition coefficient (Wildman–Crippen LogP) is 5.26. The van der Waals surface area contributed by atoms with Gasteiger partial charge in [-0.15, -0.1) is 11.3 Å². The number of carbonyl (C=O) groups is 1.